The smallest absolute Gasteiger partial charge is 0.259 e. The lowest BCUT2D eigenvalue weighted by molar-refractivity contribution is 0.102. The maximum absolute atomic E-state index is 12.6. The van der Waals surface area contributed by atoms with E-state index in [1.54, 1.807) is 18.2 Å². The van der Waals surface area contributed by atoms with Gasteiger partial charge in [0.25, 0.3) is 11.8 Å². The second kappa shape index (κ2) is 8.93. The SMILES string of the molecule is O=C(Nc1cc(Cl)ccc1Cl)c1ccc(O)c(C(=O)Nc2cc(Cl)ccc2Cl)c1. The number of carbonyl (C=O) groups is 2. The maximum Gasteiger partial charge on any atom is 0.259 e. The number of halogens is 4. The molecule has 3 aromatic rings. The lowest BCUT2D eigenvalue weighted by Gasteiger charge is -2.11. The molecule has 148 valence electrons. The zero-order valence-corrected chi connectivity index (χ0v) is 17.5. The van der Waals surface area contributed by atoms with Crippen molar-refractivity contribution in [1.82, 2.24) is 0 Å². The second-order valence-electron chi connectivity index (χ2n) is 5.89. The van der Waals surface area contributed by atoms with Gasteiger partial charge in [0.1, 0.15) is 5.75 Å². The highest BCUT2D eigenvalue weighted by Gasteiger charge is 2.17. The van der Waals surface area contributed by atoms with Crippen LogP contribution in [0.5, 0.6) is 5.75 Å². The predicted octanol–water partition coefficient (Wildman–Crippen LogP) is 6.51. The Morgan fingerprint density at radius 1 is 0.690 bits per heavy atom. The van der Waals surface area contributed by atoms with Gasteiger partial charge in [-0.3, -0.25) is 9.59 Å². The van der Waals surface area contributed by atoms with Crippen molar-refractivity contribution in [2.24, 2.45) is 0 Å². The number of anilines is 2. The van der Waals surface area contributed by atoms with E-state index < -0.39 is 11.8 Å². The van der Waals surface area contributed by atoms with Gasteiger partial charge in [0.05, 0.1) is 27.0 Å². The first-order chi connectivity index (χ1) is 13.7. The molecule has 0 unspecified atom stereocenters. The van der Waals surface area contributed by atoms with Gasteiger partial charge in [-0.15, -0.1) is 0 Å². The van der Waals surface area contributed by atoms with Gasteiger partial charge in [-0.25, -0.2) is 0 Å². The van der Waals surface area contributed by atoms with E-state index in [-0.39, 0.29) is 27.6 Å². The van der Waals surface area contributed by atoms with Crippen molar-refractivity contribution in [2.45, 2.75) is 0 Å². The summed E-state index contributed by atoms with van der Waals surface area (Å²) in [5.41, 5.74) is 0.588. The van der Waals surface area contributed by atoms with Crippen LogP contribution in [-0.2, 0) is 0 Å². The van der Waals surface area contributed by atoms with Gasteiger partial charge < -0.3 is 15.7 Å². The van der Waals surface area contributed by atoms with Crippen molar-refractivity contribution in [1.29, 1.82) is 0 Å². The van der Waals surface area contributed by atoms with Gasteiger partial charge in [0, 0.05) is 15.6 Å². The zero-order chi connectivity index (χ0) is 21.1. The summed E-state index contributed by atoms with van der Waals surface area (Å²) in [6.45, 7) is 0. The van der Waals surface area contributed by atoms with E-state index >= 15 is 0 Å². The van der Waals surface area contributed by atoms with Gasteiger partial charge >= 0.3 is 0 Å². The number of carbonyl (C=O) groups excluding carboxylic acids is 2. The van der Waals surface area contributed by atoms with E-state index in [4.69, 9.17) is 46.4 Å². The minimum absolute atomic E-state index is 0.120. The largest absolute Gasteiger partial charge is 0.507 e. The van der Waals surface area contributed by atoms with Crippen LogP contribution in [0.2, 0.25) is 20.1 Å². The third kappa shape index (κ3) is 5.14. The maximum atomic E-state index is 12.6. The van der Waals surface area contributed by atoms with Crippen molar-refractivity contribution >= 4 is 69.6 Å². The van der Waals surface area contributed by atoms with Crippen LogP contribution in [0.3, 0.4) is 0 Å². The van der Waals surface area contributed by atoms with Crippen molar-refractivity contribution in [3.63, 3.8) is 0 Å². The number of hydrogen-bond acceptors (Lipinski definition) is 3. The van der Waals surface area contributed by atoms with Crippen molar-refractivity contribution in [3.05, 3.63) is 85.8 Å². The lowest BCUT2D eigenvalue weighted by Crippen LogP contribution is -2.16. The van der Waals surface area contributed by atoms with E-state index in [1.807, 2.05) is 0 Å². The number of amides is 2. The zero-order valence-electron chi connectivity index (χ0n) is 14.5. The number of phenols is 1. The quantitative estimate of drug-likeness (QED) is 0.407. The molecule has 3 N–H and O–H groups in total. The fourth-order valence-electron chi connectivity index (χ4n) is 2.43. The third-order valence-corrected chi connectivity index (χ3v) is 4.99. The molecule has 0 saturated heterocycles. The topological polar surface area (TPSA) is 78.4 Å². The fraction of sp³-hybridized carbons (Fsp3) is 0. The normalized spacial score (nSPS) is 10.5. The number of phenolic OH excluding ortho intramolecular Hbond substituents is 1. The molecule has 0 aliphatic rings. The van der Waals surface area contributed by atoms with Crippen molar-refractivity contribution in [3.8, 4) is 5.75 Å². The first-order valence-electron chi connectivity index (χ1n) is 8.10. The summed E-state index contributed by atoms with van der Waals surface area (Å²) in [6.07, 6.45) is 0. The van der Waals surface area contributed by atoms with Crippen LogP contribution in [-0.4, -0.2) is 16.9 Å². The Balaban J connectivity index is 1.85. The Bertz CT molecular complexity index is 1120. The van der Waals surface area contributed by atoms with E-state index in [0.29, 0.717) is 20.8 Å². The summed E-state index contributed by atoms with van der Waals surface area (Å²) < 4.78 is 0. The molecule has 29 heavy (non-hydrogen) atoms. The Labute approximate surface area is 186 Å². The molecule has 3 rings (SSSR count). The molecule has 9 heteroatoms. The Kier molecular flexibility index (Phi) is 6.55. The Hall–Kier alpha value is -2.44. The van der Waals surface area contributed by atoms with Crippen molar-refractivity contribution < 1.29 is 14.7 Å². The summed E-state index contributed by atoms with van der Waals surface area (Å²) in [7, 11) is 0. The Morgan fingerprint density at radius 3 is 1.76 bits per heavy atom. The summed E-state index contributed by atoms with van der Waals surface area (Å²) in [6, 6.07) is 13.0. The second-order valence-corrected chi connectivity index (χ2v) is 7.58. The third-order valence-electron chi connectivity index (χ3n) is 3.86. The number of benzene rings is 3. The summed E-state index contributed by atoms with van der Waals surface area (Å²) in [5.74, 6) is -1.51. The van der Waals surface area contributed by atoms with Crippen LogP contribution in [0.15, 0.2) is 54.6 Å². The lowest BCUT2D eigenvalue weighted by atomic mass is 10.1. The monoisotopic (exact) mass is 468 g/mol. The summed E-state index contributed by atoms with van der Waals surface area (Å²) in [4.78, 5) is 25.1. The number of rotatable bonds is 4. The molecule has 2 amide bonds. The predicted molar refractivity (Wildman–Crippen MR) is 117 cm³/mol. The van der Waals surface area contributed by atoms with E-state index in [2.05, 4.69) is 10.6 Å². The minimum atomic E-state index is -0.665. The molecule has 0 aliphatic carbocycles. The van der Waals surface area contributed by atoms with Crippen LogP contribution in [0.4, 0.5) is 11.4 Å². The molecule has 0 spiro atoms. The first-order valence-corrected chi connectivity index (χ1v) is 9.61. The highest BCUT2D eigenvalue weighted by atomic mass is 35.5. The standard InChI is InChI=1S/C20H12Cl4N2O3/c21-11-2-4-14(23)16(8-11)25-19(28)10-1-6-18(27)13(7-10)20(29)26-17-9-12(22)3-5-15(17)24/h1-9,27H,(H,25,28)(H,26,29). The number of nitrogens with one attached hydrogen (secondary N) is 2. The van der Waals surface area contributed by atoms with Crippen molar-refractivity contribution in [2.75, 3.05) is 10.6 Å². The van der Waals surface area contributed by atoms with Crippen LogP contribution >= 0.6 is 46.4 Å². The molecule has 0 aliphatic heterocycles. The highest BCUT2D eigenvalue weighted by Crippen LogP contribution is 2.29. The van der Waals surface area contributed by atoms with Gasteiger partial charge in [0.2, 0.25) is 0 Å². The molecule has 0 fully saturated rings. The summed E-state index contributed by atoms with van der Waals surface area (Å²) >= 11 is 23.9. The molecular formula is C20H12Cl4N2O3. The first kappa shape index (κ1) is 21.3. The van der Waals surface area contributed by atoms with Crippen LogP contribution in [0, 0.1) is 0 Å². The molecule has 0 bridgehead atoms. The molecule has 0 heterocycles. The molecule has 5 nitrogen and oxygen atoms in total. The molecule has 0 aromatic heterocycles. The fourth-order valence-corrected chi connectivity index (χ4v) is 3.10. The molecular weight excluding hydrogens is 458 g/mol. The molecule has 0 atom stereocenters. The van der Waals surface area contributed by atoms with E-state index in [9.17, 15) is 14.7 Å². The van der Waals surface area contributed by atoms with Gasteiger partial charge in [0.15, 0.2) is 0 Å². The van der Waals surface area contributed by atoms with Gasteiger partial charge in [-0.2, -0.15) is 0 Å². The van der Waals surface area contributed by atoms with Gasteiger partial charge in [-0.1, -0.05) is 46.4 Å². The average Bonchev–Trinajstić information content (AvgIpc) is 2.67. The van der Waals surface area contributed by atoms with E-state index in [0.717, 1.165) is 0 Å². The van der Waals surface area contributed by atoms with Gasteiger partial charge in [-0.05, 0) is 54.6 Å². The summed E-state index contributed by atoms with van der Waals surface area (Å²) in [5, 5.41) is 16.6. The Morgan fingerprint density at radius 2 is 1.21 bits per heavy atom. The number of hydrogen-bond donors (Lipinski definition) is 3. The number of aromatic hydroxyl groups is 1. The highest BCUT2D eigenvalue weighted by molar-refractivity contribution is 6.36. The minimum Gasteiger partial charge on any atom is -0.507 e. The molecule has 0 radical (unpaired) electrons. The van der Waals surface area contributed by atoms with Crippen LogP contribution < -0.4 is 10.6 Å². The van der Waals surface area contributed by atoms with Crippen LogP contribution in [0.25, 0.3) is 0 Å². The van der Waals surface area contributed by atoms with E-state index in [1.165, 1.54) is 36.4 Å². The average molecular weight is 470 g/mol. The molecule has 0 saturated carbocycles. The van der Waals surface area contributed by atoms with Crippen LogP contribution in [0.1, 0.15) is 20.7 Å². The molecule has 3 aromatic carbocycles.